The van der Waals surface area contributed by atoms with Crippen molar-refractivity contribution in [2.24, 2.45) is 5.92 Å². The van der Waals surface area contributed by atoms with Crippen molar-refractivity contribution >= 4 is 17.8 Å². The summed E-state index contributed by atoms with van der Waals surface area (Å²) >= 11 is 0. The molecule has 7 nitrogen and oxygen atoms in total. The van der Waals surface area contributed by atoms with Crippen molar-refractivity contribution in [2.75, 3.05) is 0 Å². The molecule has 0 fully saturated rings. The van der Waals surface area contributed by atoms with Gasteiger partial charge in [-0.25, -0.2) is 4.79 Å². The van der Waals surface area contributed by atoms with E-state index in [9.17, 15) is 14.4 Å². The van der Waals surface area contributed by atoms with Crippen LogP contribution in [0.25, 0.3) is 0 Å². The van der Waals surface area contributed by atoms with Crippen LogP contribution >= 0.6 is 0 Å². The Hall–Kier alpha value is -2.31. The van der Waals surface area contributed by atoms with Crippen LogP contribution in [-0.2, 0) is 16.1 Å². The molecule has 0 saturated carbocycles. The first kappa shape index (κ1) is 14.7. The van der Waals surface area contributed by atoms with Gasteiger partial charge in [-0.3, -0.25) is 9.59 Å². The molecule has 0 spiro atoms. The highest BCUT2D eigenvalue weighted by molar-refractivity contribution is 5.84. The molecular formula is C12H15NO6. The summed E-state index contributed by atoms with van der Waals surface area (Å²) in [5.41, 5.74) is 0. The van der Waals surface area contributed by atoms with E-state index in [1.165, 1.54) is 12.1 Å². The fraction of sp³-hybridized carbons (Fsp3) is 0.417. The number of carboxylic acids is 2. The van der Waals surface area contributed by atoms with Crippen LogP contribution in [0.15, 0.2) is 16.5 Å². The first-order valence-corrected chi connectivity index (χ1v) is 5.69. The quantitative estimate of drug-likeness (QED) is 0.682. The summed E-state index contributed by atoms with van der Waals surface area (Å²) < 4.78 is 4.96. The van der Waals surface area contributed by atoms with Crippen molar-refractivity contribution in [2.45, 2.75) is 26.3 Å². The Bertz CT molecular complexity index is 478. The Labute approximate surface area is 109 Å². The van der Waals surface area contributed by atoms with E-state index in [0.29, 0.717) is 5.76 Å². The topological polar surface area (TPSA) is 117 Å². The molecule has 3 N–H and O–H groups in total. The van der Waals surface area contributed by atoms with Gasteiger partial charge >= 0.3 is 11.9 Å². The van der Waals surface area contributed by atoms with Crippen molar-refractivity contribution in [3.05, 3.63) is 23.7 Å². The summed E-state index contributed by atoms with van der Waals surface area (Å²) in [6.07, 6.45) is 0.0239. The third-order valence-electron chi connectivity index (χ3n) is 2.39. The van der Waals surface area contributed by atoms with Crippen LogP contribution in [0.4, 0.5) is 0 Å². The van der Waals surface area contributed by atoms with Crippen molar-refractivity contribution in [1.29, 1.82) is 0 Å². The van der Waals surface area contributed by atoms with Crippen LogP contribution in [0.3, 0.4) is 0 Å². The third kappa shape index (κ3) is 5.24. The van der Waals surface area contributed by atoms with Gasteiger partial charge < -0.3 is 19.9 Å². The van der Waals surface area contributed by atoms with E-state index in [1.807, 2.05) is 0 Å². The maximum atomic E-state index is 11.5. The fourth-order valence-electron chi connectivity index (χ4n) is 1.53. The maximum absolute atomic E-state index is 11.5. The van der Waals surface area contributed by atoms with Gasteiger partial charge in [-0.15, -0.1) is 0 Å². The number of carbonyl (C=O) groups is 3. The van der Waals surface area contributed by atoms with E-state index >= 15 is 0 Å². The zero-order valence-electron chi connectivity index (χ0n) is 10.4. The zero-order valence-corrected chi connectivity index (χ0v) is 10.4. The largest absolute Gasteiger partial charge is 0.481 e. The van der Waals surface area contributed by atoms with Crippen LogP contribution in [-0.4, -0.2) is 28.1 Å². The van der Waals surface area contributed by atoms with Crippen LogP contribution in [0.1, 0.15) is 36.1 Å². The Kier molecular flexibility index (Phi) is 5.11. The number of nitrogens with one attached hydrogen (secondary N) is 1. The predicted octanol–water partition coefficient (Wildman–Crippen LogP) is 1.09. The summed E-state index contributed by atoms with van der Waals surface area (Å²) in [4.78, 5) is 32.5. The molecule has 1 unspecified atom stereocenters. The lowest BCUT2D eigenvalue weighted by Crippen LogP contribution is -2.25. The Morgan fingerprint density at radius 3 is 2.47 bits per heavy atom. The van der Waals surface area contributed by atoms with E-state index in [2.05, 4.69) is 5.32 Å². The Morgan fingerprint density at radius 2 is 1.95 bits per heavy atom. The highest BCUT2D eigenvalue weighted by atomic mass is 16.4. The highest BCUT2D eigenvalue weighted by Crippen LogP contribution is 2.09. The predicted molar refractivity (Wildman–Crippen MR) is 63.5 cm³/mol. The molecule has 0 bridgehead atoms. The van der Waals surface area contributed by atoms with Crippen molar-refractivity contribution in [3.8, 4) is 0 Å². The number of hydrogen-bond acceptors (Lipinski definition) is 4. The smallest absolute Gasteiger partial charge is 0.371 e. The van der Waals surface area contributed by atoms with Gasteiger partial charge in [-0.2, -0.15) is 0 Å². The minimum atomic E-state index is -1.17. The SMILES string of the molecule is CC(CC(=O)O)CC(=O)NCc1ccc(C(=O)O)o1. The molecule has 1 atom stereocenters. The monoisotopic (exact) mass is 269 g/mol. The summed E-state index contributed by atoms with van der Waals surface area (Å²) in [6, 6.07) is 2.77. The molecular weight excluding hydrogens is 254 g/mol. The number of amides is 1. The van der Waals surface area contributed by atoms with Crippen LogP contribution in [0.5, 0.6) is 0 Å². The number of hydrogen-bond donors (Lipinski definition) is 3. The van der Waals surface area contributed by atoms with Gasteiger partial charge in [0, 0.05) is 12.8 Å². The van der Waals surface area contributed by atoms with Gasteiger partial charge in [0.05, 0.1) is 6.54 Å². The minimum absolute atomic E-state index is 0.0721. The maximum Gasteiger partial charge on any atom is 0.371 e. The van der Waals surface area contributed by atoms with Crippen molar-refractivity contribution in [3.63, 3.8) is 0 Å². The number of rotatable bonds is 7. The lowest BCUT2D eigenvalue weighted by atomic mass is 10.0. The second-order valence-electron chi connectivity index (χ2n) is 4.25. The molecule has 0 saturated heterocycles. The van der Waals surface area contributed by atoms with Crippen molar-refractivity contribution < 1.29 is 29.0 Å². The van der Waals surface area contributed by atoms with Crippen molar-refractivity contribution in [1.82, 2.24) is 5.32 Å². The molecule has 0 aliphatic carbocycles. The fourth-order valence-corrected chi connectivity index (χ4v) is 1.53. The van der Waals surface area contributed by atoms with E-state index < -0.39 is 11.9 Å². The molecule has 19 heavy (non-hydrogen) atoms. The van der Waals surface area contributed by atoms with Gasteiger partial charge in [0.15, 0.2) is 0 Å². The standard InChI is InChI=1S/C12H15NO6/c1-7(5-11(15)16)4-10(14)13-6-8-2-3-9(19-8)12(17)18/h2-3,7H,4-6H2,1H3,(H,13,14)(H,15,16)(H,17,18). The molecule has 1 aromatic rings. The van der Waals surface area contributed by atoms with Gasteiger partial charge in [0.2, 0.25) is 11.7 Å². The van der Waals surface area contributed by atoms with Crippen LogP contribution in [0, 0.1) is 5.92 Å². The Balaban J connectivity index is 2.37. The lowest BCUT2D eigenvalue weighted by molar-refractivity contribution is -0.138. The van der Waals surface area contributed by atoms with Gasteiger partial charge in [-0.1, -0.05) is 6.92 Å². The average molecular weight is 269 g/mol. The number of carbonyl (C=O) groups excluding carboxylic acids is 1. The van der Waals surface area contributed by atoms with Crippen LogP contribution < -0.4 is 5.32 Å². The first-order valence-electron chi connectivity index (χ1n) is 5.69. The van der Waals surface area contributed by atoms with Crippen LogP contribution in [0.2, 0.25) is 0 Å². The summed E-state index contributed by atoms with van der Waals surface area (Å²) in [6.45, 7) is 1.75. The number of aromatic carboxylic acids is 1. The van der Waals surface area contributed by atoms with E-state index in [4.69, 9.17) is 14.6 Å². The van der Waals surface area contributed by atoms with Gasteiger partial charge in [0.25, 0.3) is 0 Å². The summed E-state index contributed by atoms with van der Waals surface area (Å²) in [5.74, 6) is -2.55. The number of aliphatic carboxylic acids is 1. The zero-order chi connectivity index (χ0) is 14.4. The van der Waals surface area contributed by atoms with E-state index in [-0.39, 0.29) is 37.0 Å². The molecule has 0 aromatic carbocycles. The molecule has 0 aliphatic heterocycles. The van der Waals surface area contributed by atoms with E-state index in [0.717, 1.165) is 0 Å². The van der Waals surface area contributed by atoms with Gasteiger partial charge in [-0.05, 0) is 18.1 Å². The summed E-state index contributed by atoms with van der Waals surface area (Å²) in [5, 5.41) is 19.7. The molecule has 0 aliphatic rings. The normalized spacial score (nSPS) is 11.8. The molecule has 1 rings (SSSR count). The van der Waals surface area contributed by atoms with E-state index in [1.54, 1.807) is 6.92 Å². The lowest BCUT2D eigenvalue weighted by Gasteiger charge is -2.08. The van der Waals surface area contributed by atoms with Gasteiger partial charge in [0.1, 0.15) is 5.76 Å². The summed E-state index contributed by atoms with van der Waals surface area (Å²) in [7, 11) is 0. The Morgan fingerprint density at radius 1 is 1.26 bits per heavy atom. The molecule has 0 radical (unpaired) electrons. The molecule has 1 heterocycles. The molecule has 7 heteroatoms. The highest BCUT2D eigenvalue weighted by Gasteiger charge is 2.13. The first-order chi connectivity index (χ1) is 8.88. The molecule has 104 valence electrons. The number of carboxylic acid groups (broad SMARTS) is 2. The minimum Gasteiger partial charge on any atom is -0.481 e. The second-order valence-corrected chi connectivity index (χ2v) is 4.25. The third-order valence-corrected chi connectivity index (χ3v) is 2.39. The molecule has 1 aromatic heterocycles. The molecule has 1 amide bonds. The second kappa shape index (κ2) is 6.58. The average Bonchev–Trinajstić information content (AvgIpc) is 2.73. The number of furan rings is 1.